The van der Waals surface area contributed by atoms with Crippen molar-refractivity contribution in [1.82, 2.24) is 20.1 Å². The maximum Gasteiger partial charge on any atom is 0.471 e. The molecule has 3 heterocycles. The number of benzene rings is 1. The molecule has 9 nitrogen and oxygen atoms in total. The fourth-order valence-electron chi connectivity index (χ4n) is 4.16. The monoisotopic (exact) mass is 609 g/mol. The van der Waals surface area contributed by atoms with Crippen LogP contribution in [-0.2, 0) is 27.7 Å². The second-order valence-electron chi connectivity index (χ2n) is 8.75. The fourth-order valence-corrected chi connectivity index (χ4v) is 6.11. The van der Waals surface area contributed by atoms with Gasteiger partial charge in [-0.1, -0.05) is 17.7 Å². The van der Waals surface area contributed by atoms with Gasteiger partial charge < -0.3 is 5.32 Å². The van der Waals surface area contributed by atoms with E-state index >= 15 is 0 Å². The topological polar surface area (TPSA) is 114 Å². The van der Waals surface area contributed by atoms with Crippen LogP contribution in [0, 0.1) is 12.7 Å². The molecule has 1 aliphatic rings. The summed E-state index contributed by atoms with van der Waals surface area (Å²) >= 11 is 5.95. The lowest BCUT2D eigenvalue weighted by Crippen LogP contribution is -2.53. The van der Waals surface area contributed by atoms with Crippen molar-refractivity contribution in [2.24, 2.45) is 0 Å². The SMILES string of the molecule is Cc1nn(C(F)F)cc1S(=O)(=O)N1C[C@H](NC(=O)C(F)(F)F)Cc2ncc(CC(=O)c3c(F)cccc3Cl)cc21. The first kappa shape index (κ1) is 29.3. The number of rotatable bonds is 7. The van der Waals surface area contributed by atoms with Gasteiger partial charge in [0.05, 0.1) is 46.4 Å². The van der Waals surface area contributed by atoms with Crippen molar-refractivity contribution < 1.29 is 44.3 Å². The minimum absolute atomic E-state index is 0.0682. The first-order chi connectivity index (χ1) is 18.6. The summed E-state index contributed by atoms with van der Waals surface area (Å²) in [6.45, 7) is -2.76. The summed E-state index contributed by atoms with van der Waals surface area (Å²) < 4.78 is 107. The van der Waals surface area contributed by atoms with E-state index in [1.165, 1.54) is 18.2 Å². The Morgan fingerprint density at radius 3 is 2.55 bits per heavy atom. The fraction of sp³-hybridized carbons (Fsp3) is 0.304. The second kappa shape index (κ2) is 10.7. The van der Waals surface area contributed by atoms with Gasteiger partial charge in [-0.15, -0.1) is 0 Å². The molecule has 2 aromatic heterocycles. The number of aromatic nitrogens is 3. The van der Waals surface area contributed by atoms with Crippen LogP contribution in [0.5, 0.6) is 0 Å². The van der Waals surface area contributed by atoms with Crippen LogP contribution in [-0.4, -0.2) is 53.6 Å². The highest BCUT2D eigenvalue weighted by molar-refractivity contribution is 7.92. The number of ketones is 1. The third-order valence-corrected chi connectivity index (χ3v) is 8.13. The molecule has 0 aliphatic carbocycles. The van der Waals surface area contributed by atoms with Gasteiger partial charge in [0.25, 0.3) is 10.0 Å². The number of sulfonamides is 1. The van der Waals surface area contributed by atoms with E-state index in [0.29, 0.717) is 10.5 Å². The van der Waals surface area contributed by atoms with Gasteiger partial charge in [0.1, 0.15) is 10.7 Å². The lowest BCUT2D eigenvalue weighted by Gasteiger charge is -2.35. The Bertz CT molecular complexity index is 1570. The summed E-state index contributed by atoms with van der Waals surface area (Å²) in [5.74, 6) is -3.97. The molecule has 0 spiro atoms. The van der Waals surface area contributed by atoms with Crippen molar-refractivity contribution in [2.45, 2.75) is 43.4 Å². The van der Waals surface area contributed by atoms with Crippen LogP contribution in [0.2, 0.25) is 5.02 Å². The van der Waals surface area contributed by atoms with Gasteiger partial charge in [0, 0.05) is 19.0 Å². The van der Waals surface area contributed by atoms with Gasteiger partial charge in [-0.25, -0.2) is 17.5 Å². The van der Waals surface area contributed by atoms with E-state index in [4.69, 9.17) is 11.6 Å². The van der Waals surface area contributed by atoms with Crippen molar-refractivity contribution in [2.75, 3.05) is 10.8 Å². The van der Waals surface area contributed by atoms with Gasteiger partial charge in [-0.3, -0.25) is 18.9 Å². The standard InChI is InChI=1S/C23H18ClF6N5O4S/c1-11-19(10-34(33-11)22(26)27)40(38,39)35-9-13(32-21(37)23(28,29)30)7-16-17(35)5-12(8-31-16)6-18(36)20-14(24)3-2-4-15(20)25/h2-5,8,10,13,22H,6-7,9H2,1H3,(H,32,37)/t13-/m1/s1. The van der Waals surface area contributed by atoms with Gasteiger partial charge in [0.2, 0.25) is 0 Å². The quantitative estimate of drug-likeness (QED) is 0.320. The number of hydrogen-bond donors (Lipinski definition) is 1. The zero-order chi connectivity index (χ0) is 29.6. The highest BCUT2D eigenvalue weighted by atomic mass is 35.5. The first-order valence-electron chi connectivity index (χ1n) is 11.3. The molecule has 1 atom stereocenters. The van der Waals surface area contributed by atoms with Gasteiger partial charge >= 0.3 is 18.6 Å². The van der Waals surface area contributed by atoms with E-state index in [-0.39, 0.29) is 38.8 Å². The Morgan fingerprint density at radius 2 is 1.95 bits per heavy atom. The van der Waals surface area contributed by atoms with Crippen LogP contribution in [0.15, 0.2) is 41.6 Å². The van der Waals surface area contributed by atoms with Crippen LogP contribution in [0.1, 0.15) is 33.9 Å². The predicted molar refractivity (Wildman–Crippen MR) is 128 cm³/mol. The molecule has 3 aromatic rings. The van der Waals surface area contributed by atoms with Crippen LogP contribution in [0.25, 0.3) is 0 Å². The van der Waals surface area contributed by atoms with Gasteiger partial charge in [-0.2, -0.15) is 27.1 Å². The third kappa shape index (κ3) is 5.77. The number of alkyl halides is 5. The number of hydrogen-bond acceptors (Lipinski definition) is 6. The van der Waals surface area contributed by atoms with E-state index in [9.17, 15) is 44.3 Å². The molecule has 0 saturated heterocycles. The van der Waals surface area contributed by atoms with Gasteiger partial charge in [-0.05, 0) is 30.7 Å². The average molecular weight is 610 g/mol. The summed E-state index contributed by atoms with van der Waals surface area (Å²) in [6.07, 6.45) is -4.36. The van der Waals surface area contributed by atoms with Crippen molar-refractivity contribution in [1.29, 1.82) is 0 Å². The number of nitrogens with zero attached hydrogens (tertiary/aromatic N) is 4. The molecule has 17 heteroatoms. The molecule has 0 radical (unpaired) electrons. The molecule has 0 bridgehead atoms. The van der Waals surface area contributed by atoms with Crippen molar-refractivity contribution in [3.8, 4) is 0 Å². The number of nitrogens with one attached hydrogen (secondary N) is 1. The van der Waals surface area contributed by atoms with E-state index < -0.39 is 69.7 Å². The lowest BCUT2D eigenvalue weighted by molar-refractivity contribution is -0.174. The Balaban J connectivity index is 1.76. The number of anilines is 1. The molecule has 1 aromatic carbocycles. The van der Waals surface area contributed by atoms with E-state index in [2.05, 4.69) is 10.1 Å². The molecule has 1 N–H and O–H groups in total. The molecular formula is C23H18ClF6N5O4S. The summed E-state index contributed by atoms with van der Waals surface area (Å²) in [6, 6.07) is 3.43. The highest BCUT2D eigenvalue weighted by Gasteiger charge is 2.43. The van der Waals surface area contributed by atoms with Crippen LogP contribution in [0.4, 0.5) is 32.0 Å². The number of carbonyl (C=O) groups excluding carboxylic acids is 2. The molecule has 0 fully saturated rings. The van der Waals surface area contributed by atoms with Crippen molar-refractivity contribution in [3.05, 3.63) is 70.0 Å². The molecule has 1 amide bonds. The second-order valence-corrected chi connectivity index (χ2v) is 11.0. The van der Waals surface area contributed by atoms with E-state index in [0.717, 1.165) is 19.2 Å². The number of halogens is 7. The number of fused-ring (bicyclic) bond motifs is 1. The maximum atomic E-state index is 14.2. The van der Waals surface area contributed by atoms with Crippen LogP contribution in [0.3, 0.4) is 0 Å². The summed E-state index contributed by atoms with van der Waals surface area (Å²) in [7, 11) is -4.76. The largest absolute Gasteiger partial charge is 0.471 e. The number of pyridine rings is 1. The molecule has 4 rings (SSSR count). The Labute approximate surface area is 227 Å². The molecule has 214 valence electrons. The summed E-state index contributed by atoms with van der Waals surface area (Å²) in [4.78, 5) is 27.8. The van der Waals surface area contributed by atoms with Gasteiger partial charge in [0.15, 0.2) is 5.78 Å². The maximum absolute atomic E-state index is 14.2. The normalized spacial score (nSPS) is 15.7. The number of carbonyl (C=O) groups is 2. The predicted octanol–water partition coefficient (Wildman–Crippen LogP) is 4.00. The molecule has 1 aliphatic heterocycles. The summed E-state index contributed by atoms with van der Waals surface area (Å²) in [5.41, 5.74) is -0.873. The molecule has 40 heavy (non-hydrogen) atoms. The zero-order valence-corrected chi connectivity index (χ0v) is 21.8. The van der Waals surface area contributed by atoms with E-state index in [1.807, 2.05) is 0 Å². The first-order valence-corrected chi connectivity index (χ1v) is 13.1. The average Bonchev–Trinajstić information content (AvgIpc) is 3.26. The Morgan fingerprint density at radius 1 is 1.25 bits per heavy atom. The van der Waals surface area contributed by atoms with Crippen LogP contribution >= 0.6 is 11.6 Å². The zero-order valence-electron chi connectivity index (χ0n) is 20.2. The highest BCUT2D eigenvalue weighted by Crippen LogP contribution is 2.34. The number of amides is 1. The Hall–Kier alpha value is -3.66. The number of Topliss-reactive ketones (excluding diaryl/α,β-unsaturated/α-hetero) is 1. The minimum atomic E-state index is -5.26. The van der Waals surface area contributed by atoms with E-state index in [1.54, 1.807) is 5.32 Å². The minimum Gasteiger partial charge on any atom is -0.343 e. The van der Waals surface area contributed by atoms with Crippen molar-refractivity contribution >= 4 is 39.0 Å². The lowest BCUT2D eigenvalue weighted by atomic mass is 10.00. The molecule has 0 unspecified atom stereocenters. The van der Waals surface area contributed by atoms with Crippen molar-refractivity contribution in [3.63, 3.8) is 0 Å². The number of aryl methyl sites for hydroxylation is 1. The Kier molecular flexibility index (Phi) is 7.86. The summed E-state index contributed by atoms with van der Waals surface area (Å²) in [5, 5.41) is 5.02. The molecule has 0 saturated carbocycles. The smallest absolute Gasteiger partial charge is 0.343 e. The molecular weight excluding hydrogens is 592 g/mol. The third-order valence-electron chi connectivity index (χ3n) is 5.94. The van der Waals surface area contributed by atoms with Crippen LogP contribution < -0.4 is 9.62 Å².